The van der Waals surface area contributed by atoms with Gasteiger partial charge in [-0.3, -0.25) is 0 Å². The Labute approximate surface area is 113 Å². The second-order valence-corrected chi connectivity index (χ2v) is 5.10. The summed E-state index contributed by atoms with van der Waals surface area (Å²) >= 11 is 7.90. The molecule has 0 spiro atoms. The Bertz CT molecular complexity index is 395. The summed E-state index contributed by atoms with van der Waals surface area (Å²) in [6.45, 7) is 4.97. The number of nitrogens with one attached hydrogen (secondary N) is 1. The molecule has 1 unspecified atom stereocenters. The molecule has 0 heterocycles. The number of halogens is 1. The highest BCUT2D eigenvalue weighted by atomic mass is 35.5. The Morgan fingerprint density at radius 1 is 1.41 bits per heavy atom. The van der Waals surface area contributed by atoms with Gasteiger partial charge in [-0.1, -0.05) is 30.7 Å². The second kappa shape index (κ2) is 8.47. The highest BCUT2D eigenvalue weighted by Gasteiger charge is 2.07. The molecule has 1 nitrogen and oxygen atoms in total. The van der Waals surface area contributed by atoms with Crippen LogP contribution >= 0.6 is 23.4 Å². The summed E-state index contributed by atoms with van der Waals surface area (Å²) in [4.78, 5) is 1.14. The molecule has 1 N–H and O–H groups in total. The third kappa shape index (κ3) is 5.50. The van der Waals surface area contributed by atoms with Gasteiger partial charge < -0.3 is 5.32 Å². The molecule has 3 heteroatoms. The van der Waals surface area contributed by atoms with E-state index in [-0.39, 0.29) is 0 Å². The van der Waals surface area contributed by atoms with E-state index in [1.54, 1.807) is 11.8 Å². The maximum atomic E-state index is 6.12. The summed E-state index contributed by atoms with van der Waals surface area (Å²) in [5.74, 6) is 7.06. The van der Waals surface area contributed by atoms with Crippen LogP contribution in [0.1, 0.15) is 20.3 Å². The minimum atomic E-state index is 0.425. The fraction of sp³-hybridized carbons (Fsp3) is 0.429. The van der Waals surface area contributed by atoms with Gasteiger partial charge in [0.2, 0.25) is 0 Å². The number of thioether (sulfide) groups is 1. The van der Waals surface area contributed by atoms with Crippen LogP contribution in [-0.4, -0.2) is 18.3 Å². The number of hydrogen-bond acceptors (Lipinski definition) is 2. The molecule has 0 aromatic heterocycles. The number of benzene rings is 1. The third-order valence-electron chi connectivity index (χ3n) is 2.29. The van der Waals surface area contributed by atoms with E-state index in [4.69, 9.17) is 11.6 Å². The molecule has 1 atom stereocenters. The molecule has 1 rings (SSSR count). The van der Waals surface area contributed by atoms with Gasteiger partial charge in [-0.15, -0.1) is 23.6 Å². The molecule has 0 fully saturated rings. The van der Waals surface area contributed by atoms with Crippen LogP contribution in [0.15, 0.2) is 29.2 Å². The van der Waals surface area contributed by atoms with Crippen molar-refractivity contribution in [1.29, 1.82) is 0 Å². The van der Waals surface area contributed by atoms with Gasteiger partial charge in [-0.25, -0.2) is 0 Å². The summed E-state index contributed by atoms with van der Waals surface area (Å²) in [6, 6.07) is 8.38. The molecule has 1 aromatic rings. The summed E-state index contributed by atoms with van der Waals surface area (Å²) < 4.78 is 0. The van der Waals surface area contributed by atoms with Crippen molar-refractivity contribution in [3.63, 3.8) is 0 Å². The van der Waals surface area contributed by atoms with E-state index in [1.165, 1.54) is 0 Å². The van der Waals surface area contributed by atoms with Gasteiger partial charge in [0.15, 0.2) is 0 Å². The lowest BCUT2D eigenvalue weighted by molar-refractivity contribution is 0.588. The van der Waals surface area contributed by atoms with E-state index in [0.29, 0.717) is 6.04 Å². The lowest BCUT2D eigenvalue weighted by Gasteiger charge is -2.15. The Morgan fingerprint density at radius 3 is 2.82 bits per heavy atom. The highest BCUT2D eigenvalue weighted by molar-refractivity contribution is 7.99. The lowest BCUT2D eigenvalue weighted by Crippen LogP contribution is -2.30. The van der Waals surface area contributed by atoms with E-state index in [1.807, 2.05) is 25.1 Å². The second-order valence-electron chi connectivity index (χ2n) is 3.63. The summed E-state index contributed by atoms with van der Waals surface area (Å²) in [5, 5.41) is 4.27. The van der Waals surface area contributed by atoms with Crippen molar-refractivity contribution >= 4 is 23.4 Å². The molecule has 1 aromatic carbocycles. The number of hydrogen-bond donors (Lipinski definition) is 1. The molecule has 0 aliphatic rings. The van der Waals surface area contributed by atoms with Crippen molar-refractivity contribution in [1.82, 2.24) is 5.32 Å². The van der Waals surface area contributed by atoms with Crippen LogP contribution in [0.3, 0.4) is 0 Å². The molecule has 0 saturated carbocycles. The Balaban J connectivity index is 2.50. The van der Waals surface area contributed by atoms with Gasteiger partial charge in [0.25, 0.3) is 0 Å². The van der Waals surface area contributed by atoms with Crippen LogP contribution in [0.2, 0.25) is 5.02 Å². The van der Waals surface area contributed by atoms with Gasteiger partial charge in [0.1, 0.15) is 0 Å². The van der Waals surface area contributed by atoms with E-state index in [0.717, 1.165) is 28.6 Å². The van der Waals surface area contributed by atoms with Crippen LogP contribution in [-0.2, 0) is 0 Å². The zero-order valence-electron chi connectivity index (χ0n) is 10.3. The normalized spacial score (nSPS) is 11.7. The Kier molecular flexibility index (Phi) is 7.19. The smallest absolute Gasteiger partial charge is 0.0541 e. The summed E-state index contributed by atoms with van der Waals surface area (Å²) in [7, 11) is 0. The average Bonchev–Trinajstić information content (AvgIpc) is 2.34. The average molecular weight is 268 g/mol. The molecule has 0 radical (unpaired) electrons. The van der Waals surface area contributed by atoms with Gasteiger partial charge in [0.05, 0.1) is 5.02 Å². The highest BCUT2D eigenvalue weighted by Crippen LogP contribution is 2.27. The molecular formula is C14H18ClNS. The van der Waals surface area contributed by atoms with Crippen LogP contribution < -0.4 is 5.32 Å². The van der Waals surface area contributed by atoms with Crippen molar-refractivity contribution in [3.05, 3.63) is 29.3 Å². The van der Waals surface area contributed by atoms with Gasteiger partial charge >= 0.3 is 0 Å². The third-order valence-corrected chi connectivity index (χ3v) is 3.97. The summed E-state index contributed by atoms with van der Waals surface area (Å²) in [6.07, 6.45) is 0.891. The van der Waals surface area contributed by atoms with Gasteiger partial charge in [0, 0.05) is 23.1 Å². The SMILES string of the molecule is CC#CCC(CSc1ccccc1Cl)NCC. The zero-order chi connectivity index (χ0) is 12.5. The first-order valence-corrected chi connectivity index (χ1v) is 7.14. The molecule has 0 amide bonds. The quantitative estimate of drug-likeness (QED) is 0.621. The molecule has 0 saturated heterocycles. The van der Waals surface area contributed by atoms with Crippen molar-refractivity contribution in [3.8, 4) is 11.8 Å². The van der Waals surface area contributed by atoms with E-state index in [9.17, 15) is 0 Å². The first kappa shape index (κ1) is 14.4. The molecule has 0 aliphatic heterocycles. The van der Waals surface area contributed by atoms with E-state index < -0.39 is 0 Å². The predicted molar refractivity (Wildman–Crippen MR) is 77.7 cm³/mol. The van der Waals surface area contributed by atoms with Crippen LogP contribution in [0.5, 0.6) is 0 Å². The van der Waals surface area contributed by atoms with E-state index >= 15 is 0 Å². The van der Waals surface area contributed by atoms with Gasteiger partial charge in [-0.2, -0.15) is 0 Å². The maximum Gasteiger partial charge on any atom is 0.0541 e. The molecule has 17 heavy (non-hydrogen) atoms. The topological polar surface area (TPSA) is 12.0 Å². The van der Waals surface area contributed by atoms with Crippen LogP contribution in [0.4, 0.5) is 0 Å². The summed E-state index contributed by atoms with van der Waals surface area (Å²) in [5.41, 5.74) is 0. The van der Waals surface area contributed by atoms with Crippen LogP contribution in [0.25, 0.3) is 0 Å². The standard InChI is InChI=1S/C14H18ClNS/c1-3-5-8-12(16-4-2)11-17-14-10-7-6-9-13(14)15/h6-7,9-10,12,16H,4,8,11H2,1-2H3. The largest absolute Gasteiger partial charge is 0.312 e. The van der Waals surface area contributed by atoms with Crippen molar-refractivity contribution in [2.45, 2.75) is 31.2 Å². The molecule has 92 valence electrons. The van der Waals surface area contributed by atoms with E-state index in [2.05, 4.69) is 30.1 Å². The Hall–Kier alpha value is -0.620. The van der Waals surface area contributed by atoms with Crippen LogP contribution in [0, 0.1) is 11.8 Å². The zero-order valence-corrected chi connectivity index (χ0v) is 11.9. The molecule has 0 bridgehead atoms. The fourth-order valence-corrected chi connectivity index (χ4v) is 2.75. The number of rotatable bonds is 6. The Morgan fingerprint density at radius 2 is 2.18 bits per heavy atom. The first-order chi connectivity index (χ1) is 8.27. The fourth-order valence-electron chi connectivity index (χ4n) is 1.46. The lowest BCUT2D eigenvalue weighted by atomic mass is 10.2. The minimum Gasteiger partial charge on any atom is -0.312 e. The predicted octanol–water partition coefficient (Wildman–Crippen LogP) is 3.82. The van der Waals surface area contributed by atoms with Gasteiger partial charge in [-0.05, 0) is 25.6 Å². The minimum absolute atomic E-state index is 0.425. The first-order valence-electron chi connectivity index (χ1n) is 5.78. The van der Waals surface area contributed by atoms with Crippen molar-refractivity contribution < 1.29 is 0 Å². The van der Waals surface area contributed by atoms with Crippen molar-refractivity contribution in [2.24, 2.45) is 0 Å². The van der Waals surface area contributed by atoms with Crippen molar-refractivity contribution in [2.75, 3.05) is 12.3 Å². The maximum absolute atomic E-state index is 6.12. The molecular weight excluding hydrogens is 250 g/mol. The monoisotopic (exact) mass is 267 g/mol. The molecule has 0 aliphatic carbocycles.